The number of carboxylic acids is 1. The number of fused-ring (bicyclic) bond motifs is 2. The van der Waals surface area contributed by atoms with E-state index < -0.39 is 5.97 Å². The number of amides is 1. The number of ether oxygens (including phenoxy) is 2. The van der Waals surface area contributed by atoms with Gasteiger partial charge in [0, 0.05) is 68.4 Å². The van der Waals surface area contributed by atoms with Gasteiger partial charge in [-0.25, -0.2) is 14.8 Å². The molecule has 6 heterocycles. The standard InChI is InChI=1S/C22H26N4O2.C14H22N2O.C8H6N2O2.ClH/c1-15-12-26(13-16(2)28-15)19-9-7-18(8-10-19)17(3)23-22(27)20-14-25-11-5-4-6-21(25)24-20;1-10-8-16(9-11(2)17-10)14-6-4-13(5-7-14)12(3)15;11-8(12)6-5-10-4-2-1-3-7(10)9-6;/h4-11,14-17H,12-13H2,1-3H3,(H,23,27);4-7,10-12H,8-9,15H2,1-3H3;1-5H,(H,11,12);1H/t15-,16+,17-;10-,11+,12-;;/m11../s1. The Morgan fingerprint density at radius 1 is 0.672 bits per heavy atom. The molecule has 4 N–H and O–H groups in total. The minimum absolute atomic E-state index is 0. The van der Waals surface area contributed by atoms with Crippen molar-refractivity contribution in [3.05, 3.63) is 132 Å². The highest BCUT2D eigenvalue weighted by Crippen LogP contribution is 2.24. The number of anilines is 2. The summed E-state index contributed by atoms with van der Waals surface area (Å²) in [5.74, 6) is -1.17. The molecule has 1 amide bonds. The fourth-order valence-corrected chi connectivity index (χ4v) is 7.18. The number of aromatic carboxylic acids is 1. The number of nitrogens with two attached hydrogens (primary N) is 1. The molecule has 13 nitrogen and oxygen atoms in total. The number of hydrogen-bond acceptors (Lipinski definition) is 9. The molecular formula is C44H55ClN8O5. The quantitative estimate of drug-likeness (QED) is 0.151. The Morgan fingerprint density at radius 2 is 1.09 bits per heavy atom. The van der Waals surface area contributed by atoms with Crippen LogP contribution in [0.4, 0.5) is 11.4 Å². The number of carboxylic acid groups (broad SMARTS) is 1. The van der Waals surface area contributed by atoms with Gasteiger partial charge >= 0.3 is 5.97 Å². The van der Waals surface area contributed by atoms with Gasteiger partial charge in [-0.2, -0.15) is 0 Å². The van der Waals surface area contributed by atoms with Gasteiger partial charge in [-0.15, -0.1) is 12.4 Å². The predicted octanol–water partition coefficient (Wildman–Crippen LogP) is 7.21. The molecule has 58 heavy (non-hydrogen) atoms. The van der Waals surface area contributed by atoms with Crippen molar-refractivity contribution in [2.45, 2.75) is 78.0 Å². The first-order valence-electron chi connectivity index (χ1n) is 19.5. The molecule has 2 aliphatic heterocycles. The summed E-state index contributed by atoms with van der Waals surface area (Å²) >= 11 is 0. The van der Waals surface area contributed by atoms with Gasteiger partial charge in [0.15, 0.2) is 5.69 Å². The maximum absolute atomic E-state index is 12.6. The highest BCUT2D eigenvalue weighted by Gasteiger charge is 2.24. The van der Waals surface area contributed by atoms with Crippen molar-refractivity contribution in [3.63, 3.8) is 0 Å². The van der Waals surface area contributed by atoms with Crippen LogP contribution in [0.25, 0.3) is 11.3 Å². The molecule has 4 aromatic heterocycles. The van der Waals surface area contributed by atoms with Crippen LogP contribution >= 0.6 is 12.4 Å². The number of morpholine rings is 2. The molecule has 0 spiro atoms. The van der Waals surface area contributed by atoms with Crippen molar-refractivity contribution < 1.29 is 24.2 Å². The smallest absolute Gasteiger partial charge is 0.356 e. The monoisotopic (exact) mass is 810 g/mol. The summed E-state index contributed by atoms with van der Waals surface area (Å²) in [5.41, 5.74) is 12.5. The first kappa shape index (κ1) is 43.6. The Kier molecular flexibility index (Phi) is 14.9. The second-order valence-electron chi connectivity index (χ2n) is 15.0. The van der Waals surface area contributed by atoms with Crippen LogP contribution in [-0.4, -0.2) is 86.3 Å². The van der Waals surface area contributed by atoms with E-state index >= 15 is 0 Å². The van der Waals surface area contributed by atoms with Gasteiger partial charge in [0.25, 0.3) is 5.91 Å². The number of aromatic nitrogens is 4. The number of carbonyl (C=O) groups excluding carboxylic acids is 1. The normalized spacial score (nSPS) is 20.1. The molecule has 0 bridgehead atoms. The summed E-state index contributed by atoms with van der Waals surface area (Å²) in [7, 11) is 0. The average Bonchev–Trinajstić information content (AvgIpc) is 3.83. The molecular weight excluding hydrogens is 756 g/mol. The lowest BCUT2D eigenvalue weighted by molar-refractivity contribution is -0.00548. The molecule has 2 saturated heterocycles. The number of nitrogens with one attached hydrogen (secondary N) is 1. The Hall–Kier alpha value is -5.47. The Balaban J connectivity index is 0.000000181. The highest BCUT2D eigenvalue weighted by atomic mass is 35.5. The van der Waals surface area contributed by atoms with Crippen LogP contribution in [0.3, 0.4) is 0 Å². The molecule has 2 fully saturated rings. The molecule has 0 unspecified atom stereocenters. The van der Waals surface area contributed by atoms with Crippen LogP contribution in [-0.2, 0) is 9.47 Å². The number of carbonyl (C=O) groups is 2. The van der Waals surface area contributed by atoms with Crippen LogP contribution in [0.2, 0.25) is 0 Å². The van der Waals surface area contributed by atoms with Gasteiger partial charge in [0.05, 0.1) is 30.5 Å². The number of imidazole rings is 2. The maximum Gasteiger partial charge on any atom is 0.356 e. The van der Waals surface area contributed by atoms with E-state index in [9.17, 15) is 9.59 Å². The van der Waals surface area contributed by atoms with E-state index in [1.54, 1.807) is 22.9 Å². The van der Waals surface area contributed by atoms with Crippen LogP contribution in [0.5, 0.6) is 0 Å². The Labute approximate surface area is 346 Å². The number of halogens is 1. The minimum atomic E-state index is -1.00. The van der Waals surface area contributed by atoms with Gasteiger partial charge in [-0.1, -0.05) is 36.4 Å². The number of benzene rings is 2. The third-order valence-corrected chi connectivity index (χ3v) is 9.91. The fraction of sp³-hybridized carbons (Fsp3) is 0.364. The Morgan fingerprint density at radius 3 is 1.50 bits per heavy atom. The summed E-state index contributed by atoms with van der Waals surface area (Å²) in [4.78, 5) is 36.1. The van der Waals surface area contributed by atoms with Crippen molar-refractivity contribution >= 4 is 47.0 Å². The molecule has 0 aliphatic carbocycles. The summed E-state index contributed by atoms with van der Waals surface area (Å²) in [5, 5.41) is 11.6. The van der Waals surface area contributed by atoms with Crippen molar-refractivity contribution in [2.24, 2.45) is 5.73 Å². The molecule has 308 valence electrons. The summed E-state index contributed by atoms with van der Waals surface area (Å²) in [6.07, 6.45) is 7.93. The zero-order valence-electron chi connectivity index (χ0n) is 33.9. The molecule has 0 radical (unpaired) electrons. The molecule has 2 aromatic carbocycles. The second-order valence-corrected chi connectivity index (χ2v) is 15.0. The first-order chi connectivity index (χ1) is 27.3. The van der Waals surface area contributed by atoms with E-state index in [2.05, 4.69) is 101 Å². The lowest BCUT2D eigenvalue weighted by atomic mass is 10.1. The fourth-order valence-electron chi connectivity index (χ4n) is 7.18. The molecule has 0 saturated carbocycles. The topological polar surface area (TPSA) is 152 Å². The van der Waals surface area contributed by atoms with E-state index in [1.165, 1.54) is 23.1 Å². The van der Waals surface area contributed by atoms with Crippen molar-refractivity contribution in [1.29, 1.82) is 0 Å². The lowest BCUT2D eigenvalue weighted by Gasteiger charge is -2.37. The minimum Gasteiger partial charge on any atom is -0.476 e. The van der Waals surface area contributed by atoms with E-state index in [1.807, 2.05) is 54.8 Å². The third kappa shape index (κ3) is 11.3. The van der Waals surface area contributed by atoms with E-state index in [4.69, 9.17) is 20.3 Å². The lowest BCUT2D eigenvalue weighted by Crippen LogP contribution is -2.45. The van der Waals surface area contributed by atoms with E-state index in [0.29, 0.717) is 23.5 Å². The number of rotatable bonds is 7. The molecule has 14 heteroatoms. The summed E-state index contributed by atoms with van der Waals surface area (Å²) in [6, 6.07) is 28.0. The molecule has 8 rings (SSSR count). The van der Waals surface area contributed by atoms with Crippen LogP contribution in [0.15, 0.2) is 110 Å². The summed E-state index contributed by atoms with van der Waals surface area (Å²) < 4.78 is 15.1. The Bertz CT molecular complexity index is 2160. The molecule has 6 aromatic rings. The molecule has 2 aliphatic rings. The SMILES string of the molecule is C[C@@H]1CN(c2ccc([C@@H](C)N)cc2)C[C@H](C)O1.C[C@@H]1CN(c2ccc([C@@H](C)NC(=O)c3cn4ccccc4n3)cc2)C[C@H](C)O1.Cl.O=C(O)c1cn2ccccc2n1. The van der Waals surface area contributed by atoms with Gasteiger partial charge in [-0.3, -0.25) is 4.79 Å². The van der Waals surface area contributed by atoms with Crippen molar-refractivity contribution in [1.82, 2.24) is 24.1 Å². The van der Waals surface area contributed by atoms with Crippen LogP contribution in [0, 0.1) is 0 Å². The van der Waals surface area contributed by atoms with E-state index in [0.717, 1.165) is 37.4 Å². The zero-order valence-corrected chi connectivity index (χ0v) is 34.8. The maximum atomic E-state index is 12.6. The third-order valence-electron chi connectivity index (χ3n) is 9.91. The van der Waals surface area contributed by atoms with Crippen LogP contribution < -0.4 is 20.9 Å². The second kappa shape index (κ2) is 19.8. The largest absolute Gasteiger partial charge is 0.476 e. The van der Waals surface area contributed by atoms with E-state index in [-0.39, 0.29) is 48.3 Å². The van der Waals surface area contributed by atoms with Gasteiger partial charge < -0.3 is 44.2 Å². The number of hydrogen-bond donors (Lipinski definition) is 3. The summed E-state index contributed by atoms with van der Waals surface area (Å²) in [6.45, 7) is 16.2. The first-order valence-corrected chi connectivity index (χ1v) is 19.5. The molecule has 6 atom stereocenters. The van der Waals surface area contributed by atoms with Gasteiger partial charge in [-0.05, 0) is 101 Å². The highest BCUT2D eigenvalue weighted by molar-refractivity contribution is 5.93. The van der Waals surface area contributed by atoms with Crippen molar-refractivity contribution in [2.75, 3.05) is 36.0 Å². The van der Waals surface area contributed by atoms with Crippen LogP contribution in [0.1, 0.15) is 85.7 Å². The predicted molar refractivity (Wildman–Crippen MR) is 230 cm³/mol. The average molecular weight is 811 g/mol. The van der Waals surface area contributed by atoms with Crippen molar-refractivity contribution in [3.8, 4) is 0 Å². The van der Waals surface area contributed by atoms with Gasteiger partial charge in [0.2, 0.25) is 0 Å². The number of pyridine rings is 2. The number of nitrogens with zero attached hydrogens (tertiary/aromatic N) is 6. The van der Waals surface area contributed by atoms with Gasteiger partial charge in [0.1, 0.15) is 17.0 Å². The zero-order chi connectivity index (χ0) is 40.6.